The Balaban J connectivity index is 1.64. The molecule has 4 aliphatic rings. The molecule has 0 heterocycles. The lowest BCUT2D eigenvalue weighted by atomic mass is 9.46. The van der Waals surface area contributed by atoms with Crippen molar-refractivity contribution in [1.82, 2.24) is 5.01 Å². The quantitative estimate of drug-likeness (QED) is 0.705. The molecule has 0 unspecified atom stereocenters. The zero-order valence-corrected chi connectivity index (χ0v) is 16.8. The number of allylic oxidation sites excluding steroid dienone is 2. The van der Waals surface area contributed by atoms with Gasteiger partial charge in [-0.3, -0.25) is 0 Å². The van der Waals surface area contributed by atoms with Crippen LogP contribution < -0.4 is 0 Å². The lowest BCUT2D eigenvalue weighted by Crippen LogP contribution is -2.53. The summed E-state index contributed by atoms with van der Waals surface area (Å²) in [4.78, 5) is 0. The number of fused-ring (bicyclic) bond motifs is 5. The number of hydrazone groups is 1. The molecule has 140 valence electrons. The molecule has 6 atom stereocenters. The van der Waals surface area contributed by atoms with Crippen LogP contribution in [0.3, 0.4) is 0 Å². The van der Waals surface area contributed by atoms with Gasteiger partial charge in [-0.25, -0.2) is 0 Å². The number of hydrogen-bond donors (Lipinski definition) is 1. The van der Waals surface area contributed by atoms with Gasteiger partial charge in [0.05, 0.1) is 11.3 Å². The van der Waals surface area contributed by atoms with E-state index in [1.54, 1.807) is 5.57 Å². The standard InChI is InChI=1S/C22H36N2O/c1-20-11-8-16(23-24(4)5)14-15(20)6-7-17-18(20)9-12-21(2)19(17)10-13-22(21,3)25/h14,17-19,25H,6-13H2,1-5H3/t17-,18+,19+,20+,21+,22+/m1/s1. The SMILES string of the molecule is CN(C)N=C1C=C2CC[C@@H]3[C@H](CC[C@@]4(C)[C@H]3CC[C@]4(C)O)[C@@]2(C)CC1. The minimum Gasteiger partial charge on any atom is -0.390 e. The van der Waals surface area contributed by atoms with Crippen LogP contribution in [0.5, 0.6) is 0 Å². The van der Waals surface area contributed by atoms with Gasteiger partial charge in [0.15, 0.2) is 0 Å². The molecule has 0 aromatic rings. The van der Waals surface area contributed by atoms with E-state index in [0.717, 1.165) is 30.6 Å². The molecule has 1 N–H and O–H groups in total. The van der Waals surface area contributed by atoms with E-state index in [9.17, 15) is 5.11 Å². The average molecular weight is 345 g/mol. The molecule has 4 rings (SSSR count). The van der Waals surface area contributed by atoms with Crippen LogP contribution >= 0.6 is 0 Å². The van der Waals surface area contributed by atoms with Crippen LogP contribution in [0.1, 0.15) is 72.1 Å². The maximum absolute atomic E-state index is 11.0. The highest BCUT2D eigenvalue weighted by Gasteiger charge is 2.62. The largest absolute Gasteiger partial charge is 0.390 e. The molecule has 4 aliphatic carbocycles. The second-order valence-corrected chi connectivity index (χ2v) is 10.2. The van der Waals surface area contributed by atoms with Crippen LogP contribution in [-0.4, -0.2) is 35.5 Å². The van der Waals surface area contributed by atoms with E-state index in [1.165, 1.54) is 44.2 Å². The zero-order chi connectivity index (χ0) is 18.0. The van der Waals surface area contributed by atoms with E-state index >= 15 is 0 Å². The van der Waals surface area contributed by atoms with Crippen LogP contribution in [-0.2, 0) is 0 Å². The van der Waals surface area contributed by atoms with E-state index in [0.29, 0.717) is 5.41 Å². The van der Waals surface area contributed by atoms with E-state index in [4.69, 9.17) is 0 Å². The van der Waals surface area contributed by atoms with Crippen LogP contribution in [0.2, 0.25) is 0 Å². The zero-order valence-electron chi connectivity index (χ0n) is 16.8. The Kier molecular flexibility index (Phi) is 3.92. The average Bonchev–Trinajstić information content (AvgIpc) is 2.77. The molecule has 0 amide bonds. The molecular formula is C22H36N2O. The fourth-order valence-corrected chi connectivity index (χ4v) is 7.15. The maximum Gasteiger partial charge on any atom is 0.0675 e. The van der Waals surface area contributed by atoms with Gasteiger partial charge in [0.2, 0.25) is 0 Å². The van der Waals surface area contributed by atoms with E-state index in [-0.39, 0.29) is 5.41 Å². The highest BCUT2D eigenvalue weighted by Crippen LogP contribution is 2.67. The Bertz CT molecular complexity index is 620. The molecule has 0 aliphatic heterocycles. The molecule has 25 heavy (non-hydrogen) atoms. The van der Waals surface area contributed by atoms with Crippen LogP contribution in [0.15, 0.2) is 16.8 Å². The minimum atomic E-state index is -0.461. The molecule has 0 radical (unpaired) electrons. The van der Waals surface area contributed by atoms with Gasteiger partial charge in [-0.2, -0.15) is 5.10 Å². The second kappa shape index (κ2) is 5.58. The predicted molar refractivity (Wildman–Crippen MR) is 103 cm³/mol. The summed E-state index contributed by atoms with van der Waals surface area (Å²) in [5.41, 5.74) is 2.97. The van der Waals surface area contributed by atoms with Crippen molar-refractivity contribution in [2.75, 3.05) is 14.1 Å². The van der Waals surface area contributed by atoms with Gasteiger partial charge in [0, 0.05) is 14.1 Å². The van der Waals surface area contributed by atoms with Crippen LogP contribution in [0, 0.1) is 28.6 Å². The van der Waals surface area contributed by atoms with Crippen LogP contribution in [0.25, 0.3) is 0 Å². The molecule has 0 spiro atoms. The van der Waals surface area contributed by atoms with Crippen molar-refractivity contribution in [1.29, 1.82) is 0 Å². The third kappa shape index (κ3) is 2.44. The minimum absolute atomic E-state index is 0.137. The summed E-state index contributed by atoms with van der Waals surface area (Å²) in [7, 11) is 4.04. The molecule has 0 bridgehead atoms. The van der Waals surface area contributed by atoms with E-state index in [2.05, 4.69) is 31.9 Å². The van der Waals surface area contributed by atoms with Crippen molar-refractivity contribution >= 4 is 5.71 Å². The maximum atomic E-state index is 11.0. The van der Waals surface area contributed by atoms with Crippen molar-refractivity contribution in [3.8, 4) is 0 Å². The van der Waals surface area contributed by atoms with Gasteiger partial charge < -0.3 is 10.1 Å². The molecule has 3 heteroatoms. The fourth-order valence-electron chi connectivity index (χ4n) is 7.15. The van der Waals surface area contributed by atoms with E-state index in [1.807, 2.05) is 19.1 Å². The second-order valence-electron chi connectivity index (χ2n) is 10.2. The smallest absolute Gasteiger partial charge is 0.0675 e. The highest BCUT2D eigenvalue weighted by atomic mass is 16.3. The first kappa shape index (κ1) is 17.6. The molecule has 0 saturated heterocycles. The number of hydrogen-bond acceptors (Lipinski definition) is 3. The lowest BCUT2D eigenvalue weighted by Gasteiger charge is -2.59. The van der Waals surface area contributed by atoms with Crippen molar-refractivity contribution < 1.29 is 5.11 Å². The van der Waals surface area contributed by atoms with Crippen LogP contribution in [0.4, 0.5) is 0 Å². The molecular weight excluding hydrogens is 308 g/mol. The highest BCUT2D eigenvalue weighted by molar-refractivity contribution is 5.96. The summed E-state index contributed by atoms with van der Waals surface area (Å²) in [6.07, 6.45) is 12.1. The van der Waals surface area contributed by atoms with Gasteiger partial charge in [-0.1, -0.05) is 19.4 Å². The summed E-state index contributed by atoms with van der Waals surface area (Å²) in [5.74, 6) is 2.33. The number of rotatable bonds is 1. The normalized spacial score (nSPS) is 50.7. The van der Waals surface area contributed by atoms with Gasteiger partial charge in [0.1, 0.15) is 0 Å². The van der Waals surface area contributed by atoms with Gasteiger partial charge in [0.25, 0.3) is 0 Å². The van der Waals surface area contributed by atoms with Gasteiger partial charge >= 0.3 is 0 Å². The summed E-state index contributed by atoms with van der Waals surface area (Å²) < 4.78 is 0. The summed E-state index contributed by atoms with van der Waals surface area (Å²) in [5, 5.41) is 17.6. The monoisotopic (exact) mass is 344 g/mol. The number of aliphatic hydroxyl groups is 1. The Labute approximate surface area is 153 Å². The van der Waals surface area contributed by atoms with Crippen molar-refractivity contribution in [3.05, 3.63) is 11.6 Å². The molecule has 3 nitrogen and oxygen atoms in total. The molecule has 0 aromatic heterocycles. The lowest BCUT2D eigenvalue weighted by molar-refractivity contribution is -0.117. The Hall–Kier alpha value is -0.830. The first-order chi connectivity index (χ1) is 11.7. The summed E-state index contributed by atoms with van der Waals surface area (Å²) in [6, 6.07) is 0. The first-order valence-corrected chi connectivity index (χ1v) is 10.4. The third-order valence-electron chi connectivity index (χ3n) is 8.87. The Morgan fingerprint density at radius 1 is 1.00 bits per heavy atom. The third-order valence-corrected chi connectivity index (χ3v) is 8.87. The Morgan fingerprint density at radius 3 is 2.44 bits per heavy atom. The van der Waals surface area contributed by atoms with Gasteiger partial charge in [-0.05, 0) is 93.0 Å². The number of nitrogens with zero attached hydrogens (tertiary/aromatic N) is 2. The van der Waals surface area contributed by atoms with Crippen molar-refractivity contribution in [2.24, 2.45) is 33.7 Å². The molecule has 3 saturated carbocycles. The van der Waals surface area contributed by atoms with E-state index < -0.39 is 5.60 Å². The van der Waals surface area contributed by atoms with Gasteiger partial charge in [-0.15, -0.1) is 0 Å². The Morgan fingerprint density at radius 2 is 1.72 bits per heavy atom. The fraction of sp³-hybridized carbons (Fsp3) is 0.864. The molecule has 0 aromatic carbocycles. The first-order valence-electron chi connectivity index (χ1n) is 10.4. The summed E-state index contributed by atoms with van der Waals surface area (Å²) >= 11 is 0. The predicted octanol–water partition coefficient (Wildman–Crippen LogP) is 4.62. The topological polar surface area (TPSA) is 35.8 Å². The van der Waals surface area contributed by atoms with Crippen molar-refractivity contribution in [2.45, 2.75) is 77.7 Å². The molecule has 3 fully saturated rings. The summed E-state index contributed by atoms with van der Waals surface area (Å²) in [6.45, 7) is 7.03. The van der Waals surface area contributed by atoms with Crippen molar-refractivity contribution in [3.63, 3.8) is 0 Å².